The fourth-order valence-corrected chi connectivity index (χ4v) is 3.19. The molecular formula is C24H22N6O4+2. The van der Waals surface area contributed by atoms with E-state index in [0.29, 0.717) is 23.9 Å². The molecule has 0 spiro atoms. The zero-order valence-electron chi connectivity index (χ0n) is 18.8. The molecule has 0 bridgehead atoms. The van der Waals surface area contributed by atoms with E-state index in [0.717, 1.165) is 0 Å². The maximum absolute atomic E-state index is 11.4. The van der Waals surface area contributed by atoms with Crippen molar-refractivity contribution in [2.24, 2.45) is 0 Å². The van der Waals surface area contributed by atoms with Gasteiger partial charge < -0.3 is 9.47 Å². The Morgan fingerprint density at radius 1 is 0.706 bits per heavy atom. The lowest BCUT2D eigenvalue weighted by molar-refractivity contribution is 0.110. The summed E-state index contributed by atoms with van der Waals surface area (Å²) in [6.07, 6.45) is 9.02. The predicted octanol–water partition coefficient (Wildman–Crippen LogP) is 3.35. The van der Waals surface area contributed by atoms with Crippen molar-refractivity contribution in [2.75, 3.05) is 26.3 Å². The van der Waals surface area contributed by atoms with Crippen LogP contribution < -0.4 is 18.4 Å². The van der Waals surface area contributed by atoms with Gasteiger partial charge in [0.25, 0.3) is 0 Å². The molecule has 34 heavy (non-hydrogen) atoms. The van der Waals surface area contributed by atoms with Crippen molar-refractivity contribution < 1.29 is 19.1 Å². The Morgan fingerprint density at radius 3 is 1.32 bits per heavy atom. The lowest BCUT2D eigenvalue weighted by Crippen LogP contribution is -2.38. The summed E-state index contributed by atoms with van der Waals surface area (Å²) in [6, 6.07) is 8.90. The van der Waals surface area contributed by atoms with E-state index < -0.39 is 8.97 Å². The number of hydrogen-bond acceptors (Lipinski definition) is 8. The number of hydrogen-bond donors (Lipinski definition) is 0. The molecule has 10 nitrogen and oxygen atoms in total. The van der Waals surface area contributed by atoms with Gasteiger partial charge in [-0.3, -0.25) is 9.59 Å². The Hall–Kier alpha value is -4.74. The van der Waals surface area contributed by atoms with Gasteiger partial charge in [-0.15, -0.1) is 21.0 Å². The van der Waals surface area contributed by atoms with Crippen LogP contribution >= 0.6 is 0 Å². The first-order valence-corrected chi connectivity index (χ1v) is 10.3. The number of benzene rings is 2. The topological polar surface area (TPSA) is 148 Å². The molecule has 0 aromatic heterocycles. The summed E-state index contributed by atoms with van der Waals surface area (Å²) in [7, 11) is 0. The van der Waals surface area contributed by atoms with Crippen molar-refractivity contribution in [3.8, 4) is 36.3 Å². The van der Waals surface area contributed by atoms with Crippen LogP contribution in [0, 0.1) is 45.8 Å². The molecule has 0 amide bonds. The van der Waals surface area contributed by atoms with Crippen molar-refractivity contribution in [1.82, 2.24) is 8.97 Å². The third kappa shape index (κ3) is 4.85. The summed E-state index contributed by atoms with van der Waals surface area (Å²) >= 11 is 0. The summed E-state index contributed by atoms with van der Waals surface area (Å²) in [5.74, 6) is 0.357. The Bertz CT molecular complexity index is 1120. The van der Waals surface area contributed by atoms with Gasteiger partial charge in [-0.25, -0.2) is 0 Å². The number of aldehydes is 2. The van der Waals surface area contributed by atoms with Crippen LogP contribution in [0.1, 0.15) is 34.6 Å². The van der Waals surface area contributed by atoms with Gasteiger partial charge >= 0.3 is 24.8 Å². The molecule has 0 fully saturated rings. The van der Waals surface area contributed by atoms with Crippen molar-refractivity contribution >= 4 is 23.9 Å². The van der Waals surface area contributed by atoms with Gasteiger partial charge in [-0.2, -0.15) is 0 Å². The zero-order valence-corrected chi connectivity index (χ0v) is 18.8. The fraction of sp³-hybridized carbons (Fsp3) is 0.250. The van der Waals surface area contributed by atoms with Crippen LogP contribution in [-0.2, 0) is 0 Å². The molecule has 0 atom stereocenters. The highest BCUT2D eigenvalue weighted by atomic mass is 16.5. The third-order valence-electron chi connectivity index (χ3n) is 5.36. The van der Waals surface area contributed by atoms with Crippen LogP contribution in [-0.4, -0.2) is 38.9 Å². The lowest BCUT2D eigenvalue weighted by Gasteiger charge is -2.19. The minimum Gasteiger partial charge on any atom is -0.489 e. The summed E-state index contributed by atoms with van der Waals surface area (Å²) in [5, 5.41) is 37.9. The molecule has 0 saturated heterocycles. The van der Waals surface area contributed by atoms with Crippen molar-refractivity contribution in [1.29, 1.82) is 21.0 Å². The normalized spacial score (nSPS) is 10.6. The Kier molecular flexibility index (Phi) is 8.42. The van der Waals surface area contributed by atoms with E-state index in [4.69, 9.17) is 9.47 Å². The highest BCUT2D eigenvalue weighted by Gasteiger charge is 2.32. The van der Waals surface area contributed by atoms with Crippen LogP contribution in [0.4, 0.5) is 11.4 Å². The molecule has 0 aliphatic heterocycles. The second kappa shape index (κ2) is 11.2. The highest BCUT2D eigenvalue weighted by Crippen LogP contribution is 2.30. The molecule has 0 aliphatic rings. The van der Waals surface area contributed by atoms with Crippen molar-refractivity contribution in [3.63, 3.8) is 0 Å². The third-order valence-corrected chi connectivity index (χ3v) is 5.36. The number of ether oxygens (including phenoxy) is 2. The molecular weight excluding hydrogens is 436 g/mol. The average Bonchev–Trinajstić information content (AvgIpc) is 2.89. The number of quaternary nitrogens is 2. The van der Waals surface area contributed by atoms with Gasteiger partial charge in [0.05, 0.1) is 11.1 Å². The van der Waals surface area contributed by atoms with Gasteiger partial charge in [0.1, 0.15) is 37.8 Å². The van der Waals surface area contributed by atoms with Gasteiger partial charge in [-0.1, -0.05) is 8.97 Å². The molecule has 0 saturated carbocycles. The Labute approximate surface area is 197 Å². The first kappa shape index (κ1) is 25.5. The van der Waals surface area contributed by atoms with Crippen molar-refractivity contribution in [3.05, 3.63) is 47.5 Å². The van der Waals surface area contributed by atoms with E-state index >= 15 is 0 Å². The molecule has 2 rings (SSSR count). The zero-order chi connectivity index (χ0) is 25.2. The van der Waals surface area contributed by atoms with Gasteiger partial charge in [-0.05, 0) is 26.0 Å². The molecule has 2 aromatic carbocycles. The molecule has 0 aliphatic carbocycles. The minimum atomic E-state index is -0.614. The summed E-state index contributed by atoms with van der Waals surface area (Å²) in [5.41, 5.74) is 1.17. The average molecular weight is 458 g/mol. The molecule has 0 unspecified atom stereocenters. The first-order valence-electron chi connectivity index (χ1n) is 10.3. The maximum Gasteiger partial charge on any atom is 0.330 e. The molecule has 0 heterocycles. The maximum atomic E-state index is 11.4. The number of nitriles is 4. The van der Waals surface area contributed by atoms with E-state index in [9.17, 15) is 30.6 Å². The lowest BCUT2D eigenvalue weighted by atomic mass is 10.1. The SMILES string of the molecule is CC[N+](C#N)(C#N)c1ccc(C=O)c(OCCOc2cc([N+](C#N)(C#N)CC)ccc2C=O)c1. The van der Waals surface area contributed by atoms with Gasteiger partial charge in [0.15, 0.2) is 23.9 Å². The molecule has 10 heteroatoms. The first-order chi connectivity index (χ1) is 16.4. The van der Waals surface area contributed by atoms with Crippen LogP contribution in [0.3, 0.4) is 0 Å². The monoisotopic (exact) mass is 458 g/mol. The van der Waals surface area contributed by atoms with Crippen molar-refractivity contribution in [2.45, 2.75) is 13.8 Å². The van der Waals surface area contributed by atoms with Crippen LogP contribution in [0.5, 0.6) is 11.5 Å². The van der Waals surface area contributed by atoms with Gasteiger partial charge in [0.2, 0.25) is 0 Å². The minimum absolute atomic E-state index is 0.0255. The second-order valence-electron chi connectivity index (χ2n) is 7.03. The number of nitrogens with zero attached hydrogens (tertiary/aromatic N) is 6. The van der Waals surface area contributed by atoms with E-state index in [1.165, 1.54) is 36.4 Å². The number of carbonyl (C=O) groups is 2. The predicted molar refractivity (Wildman–Crippen MR) is 122 cm³/mol. The van der Waals surface area contributed by atoms with Crippen LogP contribution in [0.2, 0.25) is 0 Å². The van der Waals surface area contributed by atoms with Crippen LogP contribution in [0.15, 0.2) is 36.4 Å². The van der Waals surface area contributed by atoms with E-state index in [2.05, 4.69) is 0 Å². The summed E-state index contributed by atoms with van der Waals surface area (Å²) in [4.78, 5) is 22.8. The molecule has 0 radical (unpaired) electrons. The molecule has 170 valence electrons. The van der Waals surface area contributed by atoms with Gasteiger partial charge in [0, 0.05) is 24.3 Å². The fourth-order valence-electron chi connectivity index (χ4n) is 3.19. The standard InChI is InChI=1S/C24H22N6O4/c1-3-29(15-25,16-26)21-7-5-19(13-31)23(11-21)33-9-10-34-24-12-22(8-6-20(24)14-32)30(4-2,17-27)18-28/h5-8,11-14H,3-4,9-10H2,1-2H3/q+2. The van der Waals surface area contributed by atoms with Crippen LogP contribution in [0.25, 0.3) is 0 Å². The highest BCUT2D eigenvalue weighted by molar-refractivity contribution is 5.81. The summed E-state index contributed by atoms with van der Waals surface area (Å²) in [6.45, 7) is 3.73. The summed E-state index contributed by atoms with van der Waals surface area (Å²) < 4.78 is 10.1. The van der Waals surface area contributed by atoms with E-state index in [1.54, 1.807) is 13.8 Å². The Balaban J connectivity index is 2.23. The number of carbonyl (C=O) groups excluding carboxylic acids is 2. The Morgan fingerprint density at radius 2 is 1.06 bits per heavy atom. The van der Waals surface area contributed by atoms with E-state index in [1.807, 2.05) is 24.8 Å². The number of rotatable bonds is 11. The quantitative estimate of drug-likeness (QED) is 0.215. The van der Waals surface area contributed by atoms with E-state index in [-0.39, 0.29) is 48.9 Å². The molecule has 0 N–H and O–H groups in total. The smallest absolute Gasteiger partial charge is 0.330 e. The largest absolute Gasteiger partial charge is 0.489 e. The molecule has 2 aromatic rings. The second-order valence-corrected chi connectivity index (χ2v) is 7.03.